The van der Waals surface area contributed by atoms with Crippen molar-refractivity contribution in [3.63, 3.8) is 0 Å². The molecule has 1 radical (unpaired) electrons. The minimum Gasteiger partial charge on any atom is -0.309 e. The van der Waals surface area contributed by atoms with Crippen LogP contribution in [0.2, 0.25) is 0 Å². The quantitative estimate of drug-likeness (QED) is 0.170. The maximum absolute atomic E-state index is 8.14. The van der Waals surface area contributed by atoms with Crippen molar-refractivity contribution in [1.82, 2.24) is 4.98 Å². The van der Waals surface area contributed by atoms with Crippen LogP contribution in [0.1, 0.15) is 82.7 Å². The summed E-state index contributed by atoms with van der Waals surface area (Å²) in [5.41, 5.74) is 5.65. The zero-order valence-electron chi connectivity index (χ0n) is 29.3. The van der Waals surface area contributed by atoms with Gasteiger partial charge >= 0.3 is 0 Å². The molecule has 2 aromatic heterocycles. The van der Waals surface area contributed by atoms with E-state index >= 15 is 0 Å². The van der Waals surface area contributed by atoms with Gasteiger partial charge < -0.3 is 9.98 Å². The SMILES string of the molecule is [2H]C([2H])([2H])c1c[c-]c(-c2cc(C)c(C3CCCCC3)cn2)cc1.[2H]C1=C([2H])C([2H])C([2H])C(c2[c-]c3sc4ccccc4c3cc2)=N1.[Ir]. The molecule has 1 aliphatic carbocycles. The Kier molecular flexibility index (Phi) is 6.88. The first-order chi connectivity index (χ1) is 22.0. The predicted octanol–water partition coefficient (Wildman–Crippen LogP) is 10.2. The van der Waals surface area contributed by atoms with E-state index in [0.29, 0.717) is 22.8 Å². The molecular weight excluding hydrogens is 685 g/mol. The van der Waals surface area contributed by atoms with Gasteiger partial charge in [0.15, 0.2) is 0 Å². The van der Waals surface area contributed by atoms with Crippen LogP contribution >= 0.6 is 11.3 Å². The van der Waals surface area contributed by atoms with Gasteiger partial charge in [0.1, 0.15) is 0 Å². The van der Waals surface area contributed by atoms with Crippen LogP contribution in [0.25, 0.3) is 31.4 Å². The molecule has 2 atom stereocenters. The summed E-state index contributed by atoms with van der Waals surface area (Å²) >= 11 is 1.63. The minimum atomic E-state index is -2.08. The number of hydrogen-bond acceptors (Lipinski definition) is 3. The summed E-state index contributed by atoms with van der Waals surface area (Å²) in [6.45, 7) is 0.0646. The fraction of sp³-hybridized carbons (Fsp3) is 0.278. The summed E-state index contributed by atoms with van der Waals surface area (Å²) in [6, 6.07) is 25.2. The molecule has 0 saturated heterocycles. The first kappa shape index (κ1) is 20.9. The molecule has 1 aliphatic heterocycles. The number of benzene rings is 3. The van der Waals surface area contributed by atoms with Gasteiger partial charge in [-0.3, -0.25) is 0 Å². The fourth-order valence-electron chi connectivity index (χ4n) is 5.38. The van der Waals surface area contributed by atoms with E-state index in [9.17, 15) is 0 Å². The average molecular weight is 726 g/mol. The standard InChI is InChI=1S/C19H22N.C17H12NS.Ir/c1-14-8-10-17(11-9-14)19-12-15(2)18(13-20-19)16-6-4-3-5-7-16;1-2-7-16-13(5-1)14-9-8-12(11-17(14)19-16)15-6-3-4-10-18-15;/h8-10,12-13,16H,3-7H2,1-2H3;1-2,4-5,7-10H,3,6H2;/q2*-1;/i1D3;3D,4D,6D,10D;. The molecule has 7 rings (SSSR count). The molecule has 2 aliphatic rings. The van der Waals surface area contributed by atoms with Crippen LogP contribution < -0.4 is 0 Å². The normalized spacial score (nSPS) is 22.3. The molecule has 4 heteroatoms. The summed E-state index contributed by atoms with van der Waals surface area (Å²) in [5, 5.41) is 2.29. The maximum Gasteiger partial charge on any atom is 0.0826 e. The third-order valence-electron chi connectivity index (χ3n) is 7.43. The number of nitrogens with zero attached hydrogens (tertiary/aromatic N) is 2. The summed E-state index contributed by atoms with van der Waals surface area (Å²) in [4.78, 5) is 8.67. The topological polar surface area (TPSA) is 25.2 Å². The third kappa shape index (κ3) is 6.36. The second-order valence-corrected chi connectivity index (χ2v) is 11.1. The predicted molar refractivity (Wildman–Crippen MR) is 167 cm³/mol. The van der Waals surface area contributed by atoms with Gasteiger partial charge in [0.25, 0.3) is 0 Å². The zero-order valence-corrected chi connectivity index (χ0v) is 25.5. The average Bonchev–Trinajstić information content (AvgIpc) is 3.44. The van der Waals surface area contributed by atoms with Gasteiger partial charge in [-0.25, -0.2) is 0 Å². The minimum absolute atomic E-state index is 0. The van der Waals surface area contributed by atoms with Crippen molar-refractivity contribution < 1.29 is 29.7 Å². The Bertz CT molecular complexity index is 1940. The maximum atomic E-state index is 8.14. The van der Waals surface area contributed by atoms with Crippen LogP contribution in [-0.4, -0.2) is 10.7 Å². The Morgan fingerprint density at radius 2 is 1.88 bits per heavy atom. The van der Waals surface area contributed by atoms with E-state index in [2.05, 4.69) is 47.2 Å². The number of fused-ring (bicyclic) bond motifs is 3. The Balaban J connectivity index is 0.000000181. The smallest absolute Gasteiger partial charge is 0.0826 e. The Hall–Kier alpha value is -2.91. The van der Waals surface area contributed by atoms with Gasteiger partial charge in [0.05, 0.1) is 2.74 Å². The molecule has 0 spiro atoms. The number of aromatic nitrogens is 1. The number of thiophene rings is 1. The number of hydrogen-bond donors (Lipinski definition) is 0. The number of allylic oxidation sites excluding steroid dienone is 1. The fourth-order valence-corrected chi connectivity index (χ4v) is 6.48. The van der Waals surface area contributed by atoms with E-state index in [4.69, 9.17) is 9.60 Å². The second kappa shape index (κ2) is 13.2. The van der Waals surface area contributed by atoms with E-state index < -0.39 is 19.6 Å². The van der Waals surface area contributed by atoms with Crippen molar-refractivity contribution >= 4 is 37.2 Å². The van der Waals surface area contributed by atoms with Crippen LogP contribution in [0.4, 0.5) is 0 Å². The van der Waals surface area contributed by atoms with Crippen LogP contribution in [0.3, 0.4) is 0 Å². The summed E-state index contributed by atoms with van der Waals surface area (Å²) < 4.78 is 55.8. The summed E-state index contributed by atoms with van der Waals surface area (Å²) in [5.74, 6) is 0.646. The van der Waals surface area contributed by atoms with Crippen molar-refractivity contribution in [2.24, 2.45) is 4.99 Å². The molecule has 0 amide bonds. The molecule has 2 unspecified atom stereocenters. The van der Waals surface area contributed by atoms with Crippen molar-refractivity contribution in [2.45, 2.75) is 64.6 Å². The van der Waals surface area contributed by atoms with E-state index in [0.717, 1.165) is 21.3 Å². The molecule has 2 nitrogen and oxygen atoms in total. The van der Waals surface area contributed by atoms with Crippen LogP contribution in [-0.2, 0) is 20.1 Å². The Morgan fingerprint density at radius 1 is 1.02 bits per heavy atom. The van der Waals surface area contributed by atoms with Gasteiger partial charge in [-0.05, 0) is 71.6 Å². The van der Waals surface area contributed by atoms with Gasteiger partial charge in [0, 0.05) is 44.0 Å². The molecule has 40 heavy (non-hydrogen) atoms. The molecule has 3 heterocycles. The molecule has 3 aromatic carbocycles. The molecule has 0 N–H and O–H groups in total. The summed E-state index contributed by atoms with van der Waals surface area (Å²) in [7, 11) is 0. The summed E-state index contributed by atoms with van der Waals surface area (Å²) in [6.07, 6.45) is 6.27. The Morgan fingerprint density at radius 3 is 2.67 bits per heavy atom. The van der Waals surface area contributed by atoms with Crippen LogP contribution in [0, 0.1) is 25.9 Å². The molecular formula is C36H34IrN2S-2. The molecule has 0 bridgehead atoms. The first-order valence-corrected chi connectivity index (χ1v) is 14.3. The van der Waals surface area contributed by atoms with E-state index in [-0.39, 0.29) is 32.3 Å². The number of aryl methyl sites for hydroxylation is 2. The van der Waals surface area contributed by atoms with Crippen molar-refractivity contribution in [3.8, 4) is 11.3 Å². The van der Waals surface area contributed by atoms with Crippen molar-refractivity contribution in [2.75, 3.05) is 0 Å². The second-order valence-electron chi connectivity index (χ2n) is 10.1. The number of pyridine rings is 1. The monoisotopic (exact) mass is 726 g/mol. The third-order valence-corrected chi connectivity index (χ3v) is 8.53. The van der Waals surface area contributed by atoms with Crippen molar-refractivity contribution in [3.05, 3.63) is 113 Å². The Labute approximate surface area is 265 Å². The van der Waals surface area contributed by atoms with Crippen LogP contribution in [0.5, 0.6) is 0 Å². The van der Waals surface area contributed by atoms with Crippen LogP contribution in [0.15, 0.2) is 84.1 Å². The molecule has 1 saturated carbocycles. The van der Waals surface area contributed by atoms with E-state index in [1.165, 1.54) is 53.3 Å². The molecule has 205 valence electrons. The van der Waals surface area contributed by atoms with Gasteiger partial charge in [0.2, 0.25) is 0 Å². The number of aliphatic imine (C=N–C) groups is 1. The largest absolute Gasteiger partial charge is 0.309 e. The van der Waals surface area contributed by atoms with E-state index in [1.54, 1.807) is 29.5 Å². The van der Waals surface area contributed by atoms with Gasteiger partial charge in [-0.15, -0.1) is 59.2 Å². The van der Waals surface area contributed by atoms with E-state index in [1.807, 2.05) is 30.5 Å². The number of rotatable bonds is 3. The molecule has 1 fully saturated rings. The molecule has 5 aromatic rings. The first-order valence-electron chi connectivity index (χ1n) is 17.1. The zero-order chi connectivity index (χ0) is 32.6. The van der Waals surface area contributed by atoms with Crippen molar-refractivity contribution in [1.29, 1.82) is 0 Å². The van der Waals surface area contributed by atoms with Gasteiger partial charge in [-0.2, -0.15) is 11.3 Å². The van der Waals surface area contributed by atoms with Gasteiger partial charge in [-0.1, -0.05) is 67.4 Å².